The van der Waals surface area contributed by atoms with E-state index in [-0.39, 0.29) is 0 Å². The Morgan fingerprint density at radius 1 is 1.18 bits per heavy atom. The molecule has 22 heavy (non-hydrogen) atoms. The molecule has 2 aromatic rings. The molecule has 1 aliphatic heterocycles. The predicted octanol–water partition coefficient (Wildman–Crippen LogP) is 2.25. The molecular weight excluding hydrogens is 270 g/mol. The molecule has 2 heterocycles. The normalized spacial score (nSPS) is 15.9. The van der Waals surface area contributed by atoms with Crippen molar-refractivity contribution in [3.05, 3.63) is 30.0 Å². The summed E-state index contributed by atoms with van der Waals surface area (Å²) in [4.78, 5) is 2.06. The van der Waals surface area contributed by atoms with Gasteiger partial charge in [0.25, 0.3) is 0 Å². The van der Waals surface area contributed by atoms with E-state index >= 15 is 0 Å². The highest BCUT2D eigenvalue weighted by Gasteiger charge is 2.39. The van der Waals surface area contributed by atoms with Gasteiger partial charge in [0.05, 0.1) is 22.3 Å². The van der Waals surface area contributed by atoms with Crippen molar-refractivity contribution in [1.29, 1.82) is 0 Å². The summed E-state index contributed by atoms with van der Waals surface area (Å²) in [6.45, 7) is 4.91. The molecule has 3 nitrogen and oxygen atoms in total. The number of nitrogens with zero attached hydrogens (tertiary/aromatic N) is 2. The molecule has 0 fully saturated rings. The maximum Gasteiger partial charge on any atom is 0.123 e. The number of aromatic nitrogens is 1. The van der Waals surface area contributed by atoms with Crippen molar-refractivity contribution in [2.75, 3.05) is 20.7 Å². The van der Waals surface area contributed by atoms with Crippen molar-refractivity contribution in [2.24, 2.45) is 0 Å². The van der Waals surface area contributed by atoms with Crippen LogP contribution in [0.4, 0.5) is 0 Å². The fraction of sp³-hybridized carbons (Fsp3) is 0.529. The molecule has 1 aliphatic rings. The molecule has 0 atom stereocenters. The molecule has 112 valence electrons. The van der Waals surface area contributed by atoms with Crippen molar-refractivity contribution < 1.29 is 4.74 Å². The predicted molar refractivity (Wildman–Crippen MR) is 93.0 cm³/mol. The summed E-state index contributed by atoms with van der Waals surface area (Å²) < 4.78 is 7.74. The highest BCUT2D eigenvalue weighted by Crippen LogP contribution is 2.37. The number of hydrogen-bond acceptors (Lipinski definition) is 2. The van der Waals surface area contributed by atoms with Crippen molar-refractivity contribution in [3.8, 4) is 5.75 Å². The Hall–Kier alpha value is -1.35. The van der Waals surface area contributed by atoms with Crippen LogP contribution in [-0.2, 0) is 11.8 Å². The van der Waals surface area contributed by atoms with Crippen LogP contribution in [-0.4, -0.2) is 51.4 Å². The molecule has 0 spiro atoms. The summed E-state index contributed by atoms with van der Waals surface area (Å²) in [7, 11) is 17.1. The van der Waals surface area contributed by atoms with Crippen LogP contribution in [0.2, 0.25) is 0 Å². The highest BCUT2D eigenvalue weighted by atomic mass is 16.5. The van der Waals surface area contributed by atoms with Gasteiger partial charge in [0.1, 0.15) is 5.75 Å². The third-order valence-electron chi connectivity index (χ3n) is 5.27. The summed E-state index contributed by atoms with van der Waals surface area (Å²) in [5.74, 6) is 0.989. The van der Waals surface area contributed by atoms with Gasteiger partial charge in [-0.15, -0.1) is 0 Å². The third kappa shape index (κ3) is 2.10. The molecule has 3 rings (SSSR count). The lowest BCUT2D eigenvalue weighted by Crippen LogP contribution is -2.60. The highest BCUT2D eigenvalue weighted by molar-refractivity contribution is 6.39. The molecule has 0 N–H and O–H groups in total. The van der Waals surface area contributed by atoms with E-state index in [0.29, 0.717) is 0 Å². The van der Waals surface area contributed by atoms with Gasteiger partial charge in [-0.25, -0.2) is 0 Å². The van der Waals surface area contributed by atoms with Gasteiger partial charge >= 0.3 is 0 Å². The van der Waals surface area contributed by atoms with E-state index in [1.54, 1.807) is 0 Å². The number of likely N-dealkylation sites (N-methyl/N-ethyl adjacent to an activating group) is 1. The van der Waals surface area contributed by atoms with Crippen LogP contribution >= 0.6 is 0 Å². The maximum absolute atomic E-state index is 6.57. The number of rotatable bonds is 3. The van der Waals surface area contributed by atoms with Crippen molar-refractivity contribution >= 4 is 26.6 Å². The smallest absolute Gasteiger partial charge is 0.123 e. The summed E-state index contributed by atoms with van der Waals surface area (Å²) in [6, 6.07) is 6.19. The van der Waals surface area contributed by atoms with E-state index in [9.17, 15) is 0 Å². The summed E-state index contributed by atoms with van der Waals surface area (Å²) in [6.07, 6.45) is 4.08. The summed E-state index contributed by atoms with van der Waals surface area (Å²) in [5.41, 5.74) is 1.91. The fourth-order valence-corrected chi connectivity index (χ4v) is 3.06. The van der Waals surface area contributed by atoms with Gasteiger partial charge in [-0.3, -0.25) is 0 Å². The first kappa shape index (κ1) is 15.5. The number of hydrogen-bond donors (Lipinski definition) is 0. The first-order valence-corrected chi connectivity index (χ1v) is 7.78. The van der Waals surface area contributed by atoms with E-state index < -0.39 is 10.9 Å². The molecule has 1 aromatic heterocycles. The lowest BCUT2D eigenvalue weighted by atomic mass is 9.51. The van der Waals surface area contributed by atoms with Gasteiger partial charge < -0.3 is 14.2 Å². The molecular formula is C17H22B2N2O. The zero-order valence-corrected chi connectivity index (χ0v) is 13.9. The Balaban J connectivity index is 2.17. The quantitative estimate of drug-likeness (QED) is 0.807. The number of fused-ring (bicyclic) bond motifs is 3. The molecule has 1 aromatic carbocycles. The summed E-state index contributed by atoms with van der Waals surface area (Å²) >= 11 is 0. The second kappa shape index (κ2) is 5.09. The Kier molecular flexibility index (Phi) is 3.59. The van der Waals surface area contributed by atoms with Gasteiger partial charge in [-0.1, -0.05) is 0 Å². The first-order valence-electron chi connectivity index (χ1n) is 7.78. The minimum Gasteiger partial charge on any atom is -0.493 e. The third-order valence-corrected chi connectivity index (χ3v) is 5.27. The largest absolute Gasteiger partial charge is 0.493 e. The maximum atomic E-state index is 6.57. The number of ether oxygens (including phenoxy) is 1. The van der Waals surface area contributed by atoms with Crippen LogP contribution in [0, 0.1) is 0 Å². The average molecular weight is 292 g/mol. The van der Waals surface area contributed by atoms with E-state index in [2.05, 4.69) is 30.9 Å². The molecule has 0 saturated heterocycles. The number of benzene rings is 1. The molecule has 5 heteroatoms. The van der Waals surface area contributed by atoms with Gasteiger partial charge in [0.15, 0.2) is 0 Å². The molecule has 0 saturated carbocycles. The second-order valence-electron chi connectivity index (χ2n) is 6.89. The topological polar surface area (TPSA) is 17.4 Å². The van der Waals surface area contributed by atoms with Gasteiger partial charge in [0, 0.05) is 28.2 Å². The Morgan fingerprint density at radius 3 is 2.59 bits per heavy atom. The Labute approximate surface area is 135 Å². The van der Waals surface area contributed by atoms with Gasteiger partial charge in [-0.05, 0) is 64.3 Å². The zero-order chi connectivity index (χ0) is 16.1. The van der Waals surface area contributed by atoms with Crippen molar-refractivity contribution in [2.45, 2.75) is 37.6 Å². The van der Waals surface area contributed by atoms with Crippen LogP contribution in [0.15, 0.2) is 24.4 Å². The minimum absolute atomic E-state index is 0.411. The van der Waals surface area contributed by atoms with Crippen LogP contribution in [0.3, 0.4) is 0 Å². The second-order valence-corrected chi connectivity index (χ2v) is 6.89. The monoisotopic (exact) mass is 292 g/mol. The standard InChI is InChI=1S/C17H22B2N2O/c1-16(2,20(3)4)17(18,19)21-10-9-12-13-6-5-11-22-15(13)8-7-14(12)21/h7-10H,5-6,11H2,1-4H3. The Bertz CT molecular complexity index is 704. The number of aryl methyl sites for hydroxylation is 1. The molecule has 0 aliphatic carbocycles. The summed E-state index contributed by atoms with van der Waals surface area (Å²) in [5, 5.41) is 0.161. The average Bonchev–Trinajstić information content (AvgIpc) is 2.91. The van der Waals surface area contributed by atoms with Crippen LogP contribution < -0.4 is 4.74 Å². The van der Waals surface area contributed by atoms with E-state index in [1.165, 1.54) is 10.9 Å². The Morgan fingerprint density at radius 2 is 1.91 bits per heavy atom. The van der Waals surface area contributed by atoms with Crippen LogP contribution in [0.1, 0.15) is 25.8 Å². The SMILES string of the molecule is [B]C([B])(n1ccc2c3c(ccc21)OCCC3)C(C)(C)N(C)C. The van der Waals surface area contributed by atoms with Crippen molar-refractivity contribution in [1.82, 2.24) is 9.47 Å². The van der Waals surface area contributed by atoms with Gasteiger partial charge in [0.2, 0.25) is 0 Å². The molecule has 0 amide bonds. The van der Waals surface area contributed by atoms with E-state index in [0.717, 1.165) is 30.7 Å². The molecule has 0 bridgehead atoms. The minimum atomic E-state index is -1.03. The van der Waals surface area contributed by atoms with Gasteiger partial charge in [-0.2, -0.15) is 0 Å². The first-order chi connectivity index (χ1) is 10.3. The lowest BCUT2D eigenvalue weighted by molar-refractivity contribution is 0.141. The van der Waals surface area contributed by atoms with E-state index in [4.69, 9.17) is 20.4 Å². The van der Waals surface area contributed by atoms with Crippen molar-refractivity contribution in [3.63, 3.8) is 0 Å². The lowest BCUT2D eigenvalue weighted by Gasteiger charge is -2.49. The van der Waals surface area contributed by atoms with Crippen LogP contribution in [0.25, 0.3) is 10.9 Å². The van der Waals surface area contributed by atoms with Crippen LogP contribution in [0.5, 0.6) is 5.75 Å². The molecule has 0 unspecified atom stereocenters. The zero-order valence-electron chi connectivity index (χ0n) is 13.9. The fourth-order valence-electron chi connectivity index (χ4n) is 3.06. The molecule has 4 radical (unpaired) electrons. The van der Waals surface area contributed by atoms with E-state index in [1.807, 2.05) is 30.9 Å².